The lowest BCUT2D eigenvalue weighted by Crippen LogP contribution is -2.48. The van der Waals surface area contributed by atoms with Crippen molar-refractivity contribution in [3.8, 4) is 0 Å². The molecule has 3 rings (SSSR count). The Morgan fingerprint density at radius 2 is 2.14 bits per heavy atom. The molecule has 1 unspecified atom stereocenters. The number of aromatic nitrogens is 2. The fourth-order valence-corrected chi connectivity index (χ4v) is 3.31. The topological polar surface area (TPSA) is 61.4 Å². The van der Waals surface area contributed by atoms with Crippen LogP contribution in [0.5, 0.6) is 0 Å². The van der Waals surface area contributed by atoms with Crippen LogP contribution in [-0.4, -0.2) is 60.0 Å². The molecule has 2 fully saturated rings. The molecule has 0 saturated carbocycles. The minimum atomic E-state index is 0.160. The predicted octanol–water partition coefficient (Wildman–Crippen LogP) is 0.687. The first-order valence-corrected chi connectivity index (χ1v) is 8.24. The molecule has 0 spiro atoms. The van der Waals surface area contributed by atoms with Gasteiger partial charge >= 0.3 is 0 Å². The van der Waals surface area contributed by atoms with E-state index in [4.69, 9.17) is 0 Å². The number of nitrogens with one attached hydrogen (secondary N) is 1. The van der Waals surface area contributed by atoms with Crippen molar-refractivity contribution >= 4 is 11.7 Å². The summed E-state index contributed by atoms with van der Waals surface area (Å²) in [6.45, 7) is 7.13. The summed E-state index contributed by atoms with van der Waals surface area (Å²) in [5.74, 6) is 1.84. The van der Waals surface area contributed by atoms with Crippen LogP contribution in [0, 0.1) is 5.92 Å². The number of amides is 1. The van der Waals surface area contributed by atoms with Gasteiger partial charge < -0.3 is 15.1 Å². The maximum atomic E-state index is 11.4. The highest BCUT2D eigenvalue weighted by atomic mass is 16.2. The number of carbonyl (C=O) groups excluding carboxylic acids is 1. The summed E-state index contributed by atoms with van der Waals surface area (Å²) >= 11 is 0. The average molecular weight is 303 g/mol. The molecule has 1 amide bonds. The molecule has 0 aromatic carbocycles. The summed E-state index contributed by atoms with van der Waals surface area (Å²) in [5.41, 5.74) is 1.13. The molecule has 1 N–H and O–H groups in total. The molecule has 2 aliphatic heterocycles. The van der Waals surface area contributed by atoms with Crippen LogP contribution in [0.3, 0.4) is 0 Å². The number of nitrogens with zero attached hydrogens (tertiary/aromatic N) is 4. The monoisotopic (exact) mass is 303 g/mol. The van der Waals surface area contributed by atoms with Crippen LogP contribution in [0.25, 0.3) is 0 Å². The van der Waals surface area contributed by atoms with E-state index < -0.39 is 0 Å². The maximum absolute atomic E-state index is 11.4. The van der Waals surface area contributed by atoms with Crippen LogP contribution in [-0.2, 0) is 11.2 Å². The van der Waals surface area contributed by atoms with Crippen molar-refractivity contribution in [2.75, 3.05) is 44.2 Å². The Morgan fingerprint density at radius 1 is 1.32 bits per heavy atom. The summed E-state index contributed by atoms with van der Waals surface area (Å²) in [6.07, 6.45) is 5.24. The summed E-state index contributed by atoms with van der Waals surface area (Å²) in [4.78, 5) is 24.4. The van der Waals surface area contributed by atoms with Gasteiger partial charge in [-0.05, 0) is 38.3 Å². The minimum absolute atomic E-state index is 0.160. The molecule has 22 heavy (non-hydrogen) atoms. The van der Waals surface area contributed by atoms with Gasteiger partial charge in [-0.25, -0.2) is 9.97 Å². The van der Waals surface area contributed by atoms with Crippen molar-refractivity contribution in [3.05, 3.63) is 18.1 Å². The van der Waals surface area contributed by atoms with Gasteiger partial charge in [-0.1, -0.05) is 0 Å². The minimum Gasteiger partial charge on any atom is -0.353 e. The van der Waals surface area contributed by atoms with Gasteiger partial charge in [0.25, 0.3) is 0 Å². The van der Waals surface area contributed by atoms with E-state index in [0.717, 1.165) is 57.2 Å². The molecule has 120 valence electrons. The quantitative estimate of drug-likeness (QED) is 0.890. The first-order valence-electron chi connectivity index (χ1n) is 8.24. The Bertz CT molecular complexity index is 507. The normalized spacial score (nSPS) is 22.7. The number of piperidine rings is 1. The number of carbonyl (C=O) groups is 1. The summed E-state index contributed by atoms with van der Waals surface area (Å²) in [6, 6.07) is 2.12. The number of rotatable bonds is 3. The Kier molecular flexibility index (Phi) is 4.87. The Morgan fingerprint density at radius 3 is 2.82 bits per heavy atom. The lowest BCUT2D eigenvalue weighted by molar-refractivity contribution is -0.129. The molecule has 3 heterocycles. The van der Waals surface area contributed by atoms with Crippen molar-refractivity contribution in [2.45, 2.75) is 26.2 Å². The van der Waals surface area contributed by atoms with Gasteiger partial charge in [0, 0.05) is 44.9 Å². The van der Waals surface area contributed by atoms with Gasteiger partial charge in [-0.2, -0.15) is 0 Å². The first-order chi connectivity index (χ1) is 10.7. The van der Waals surface area contributed by atoms with Crippen molar-refractivity contribution in [3.63, 3.8) is 0 Å². The van der Waals surface area contributed by atoms with E-state index in [-0.39, 0.29) is 5.91 Å². The summed E-state index contributed by atoms with van der Waals surface area (Å²) in [7, 11) is 0. The molecule has 6 nitrogen and oxygen atoms in total. The SMILES string of the molecule is CC(=O)N1CCN(c2cc(CC3CCCNC3)ncn2)CC1. The summed E-state index contributed by atoms with van der Waals surface area (Å²) < 4.78 is 0. The molecule has 1 aromatic rings. The summed E-state index contributed by atoms with van der Waals surface area (Å²) in [5, 5.41) is 3.46. The predicted molar refractivity (Wildman–Crippen MR) is 85.8 cm³/mol. The highest BCUT2D eigenvalue weighted by molar-refractivity contribution is 5.73. The molecule has 2 saturated heterocycles. The molecule has 0 radical (unpaired) electrons. The smallest absolute Gasteiger partial charge is 0.219 e. The van der Waals surface area contributed by atoms with E-state index in [9.17, 15) is 4.79 Å². The molecular weight excluding hydrogens is 278 g/mol. The second kappa shape index (κ2) is 7.05. The van der Waals surface area contributed by atoms with Gasteiger partial charge in [0.05, 0.1) is 0 Å². The van der Waals surface area contributed by atoms with Gasteiger partial charge in [-0.3, -0.25) is 4.79 Å². The molecular formula is C16H25N5O. The zero-order valence-corrected chi connectivity index (χ0v) is 13.3. The first kappa shape index (κ1) is 15.2. The third-order valence-corrected chi connectivity index (χ3v) is 4.66. The second-order valence-electron chi connectivity index (χ2n) is 6.28. The van der Waals surface area contributed by atoms with Gasteiger partial charge in [-0.15, -0.1) is 0 Å². The zero-order valence-electron chi connectivity index (χ0n) is 13.3. The van der Waals surface area contributed by atoms with Crippen molar-refractivity contribution < 1.29 is 4.79 Å². The van der Waals surface area contributed by atoms with Crippen molar-refractivity contribution in [2.24, 2.45) is 5.92 Å². The largest absolute Gasteiger partial charge is 0.353 e. The number of hydrogen-bond acceptors (Lipinski definition) is 5. The lowest BCUT2D eigenvalue weighted by Gasteiger charge is -2.35. The van der Waals surface area contributed by atoms with Gasteiger partial charge in [0.15, 0.2) is 0 Å². The highest BCUT2D eigenvalue weighted by Gasteiger charge is 2.20. The van der Waals surface area contributed by atoms with Crippen LogP contribution in [0.2, 0.25) is 0 Å². The third-order valence-electron chi connectivity index (χ3n) is 4.66. The molecule has 0 aliphatic carbocycles. The van der Waals surface area contributed by atoms with Crippen LogP contribution < -0.4 is 10.2 Å². The van der Waals surface area contributed by atoms with E-state index in [0.29, 0.717) is 5.92 Å². The van der Waals surface area contributed by atoms with E-state index >= 15 is 0 Å². The zero-order chi connectivity index (χ0) is 15.4. The van der Waals surface area contributed by atoms with E-state index in [1.165, 1.54) is 12.8 Å². The fraction of sp³-hybridized carbons (Fsp3) is 0.688. The maximum Gasteiger partial charge on any atom is 0.219 e. The number of anilines is 1. The van der Waals surface area contributed by atoms with E-state index in [1.54, 1.807) is 13.3 Å². The van der Waals surface area contributed by atoms with Crippen molar-refractivity contribution in [1.82, 2.24) is 20.2 Å². The standard InChI is InChI=1S/C16H25N5O/c1-13(22)20-5-7-21(8-6-20)16-10-15(18-12-19-16)9-14-3-2-4-17-11-14/h10,12,14,17H,2-9,11H2,1H3. The highest BCUT2D eigenvalue weighted by Crippen LogP contribution is 2.19. The molecule has 1 atom stereocenters. The van der Waals surface area contributed by atoms with Gasteiger partial charge in [0.1, 0.15) is 12.1 Å². The Labute approximate surface area is 131 Å². The third kappa shape index (κ3) is 3.74. The molecule has 2 aliphatic rings. The average Bonchev–Trinajstić information content (AvgIpc) is 2.56. The van der Waals surface area contributed by atoms with Gasteiger partial charge in [0.2, 0.25) is 5.91 Å². The Hall–Kier alpha value is -1.69. The number of piperazine rings is 1. The second-order valence-corrected chi connectivity index (χ2v) is 6.28. The van der Waals surface area contributed by atoms with Crippen LogP contribution in [0.4, 0.5) is 5.82 Å². The molecule has 0 bridgehead atoms. The van der Waals surface area contributed by atoms with E-state index in [2.05, 4.69) is 26.3 Å². The lowest BCUT2D eigenvalue weighted by atomic mass is 9.94. The molecule has 6 heteroatoms. The van der Waals surface area contributed by atoms with E-state index in [1.807, 2.05) is 4.90 Å². The molecule has 1 aromatic heterocycles. The fourth-order valence-electron chi connectivity index (χ4n) is 3.31. The van der Waals surface area contributed by atoms with Crippen LogP contribution in [0.15, 0.2) is 12.4 Å². The van der Waals surface area contributed by atoms with Crippen LogP contribution >= 0.6 is 0 Å². The van der Waals surface area contributed by atoms with Crippen molar-refractivity contribution in [1.29, 1.82) is 0 Å². The number of hydrogen-bond donors (Lipinski definition) is 1. The Balaban J connectivity index is 1.60. The van der Waals surface area contributed by atoms with Crippen LogP contribution in [0.1, 0.15) is 25.5 Å².